The molecule has 0 radical (unpaired) electrons. The summed E-state index contributed by atoms with van der Waals surface area (Å²) < 4.78 is 5.72. The maximum atomic E-state index is 8.73. The number of epoxide rings is 1. The Morgan fingerprint density at radius 2 is 1.05 bits per heavy atom. The van der Waals surface area contributed by atoms with E-state index >= 15 is 0 Å². The first-order valence-electron chi connectivity index (χ1n) is 9.64. The van der Waals surface area contributed by atoms with E-state index in [-0.39, 0.29) is 0 Å². The Morgan fingerprint density at radius 1 is 0.619 bits per heavy atom. The van der Waals surface area contributed by atoms with Crippen LogP contribution in [0.4, 0.5) is 0 Å². The van der Waals surface area contributed by atoms with E-state index in [9.17, 15) is 0 Å². The molecule has 2 unspecified atom stereocenters. The highest BCUT2D eigenvalue weighted by atomic mass is 16.6. The molecule has 0 saturated carbocycles. The Morgan fingerprint density at radius 3 is 1.52 bits per heavy atom. The van der Waals surface area contributed by atoms with Gasteiger partial charge in [0, 0.05) is 6.61 Å². The number of unbranched alkanes of at least 4 members (excludes halogenated alkanes) is 11. The van der Waals surface area contributed by atoms with Crippen molar-refractivity contribution in [1.29, 1.82) is 0 Å². The van der Waals surface area contributed by atoms with E-state index < -0.39 is 0 Å². The van der Waals surface area contributed by atoms with Crippen LogP contribution in [-0.2, 0) is 4.74 Å². The molecule has 0 aliphatic carbocycles. The Bertz CT molecular complexity index is 218. The average Bonchev–Trinajstić information content (AvgIpc) is 3.24. The van der Waals surface area contributed by atoms with Gasteiger partial charge in [-0.2, -0.15) is 0 Å². The van der Waals surface area contributed by atoms with Crippen molar-refractivity contribution in [2.24, 2.45) is 0 Å². The van der Waals surface area contributed by atoms with Crippen molar-refractivity contribution < 1.29 is 9.84 Å². The molecule has 1 fully saturated rings. The van der Waals surface area contributed by atoms with Gasteiger partial charge in [0.25, 0.3) is 0 Å². The molecule has 2 heteroatoms. The van der Waals surface area contributed by atoms with Crippen LogP contribution < -0.4 is 0 Å². The molecule has 0 amide bonds. The fourth-order valence-electron chi connectivity index (χ4n) is 3.15. The van der Waals surface area contributed by atoms with Crippen molar-refractivity contribution in [2.45, 2.75) is 115 Å². The molecule has 0 aromatic rings. The van der Waals surface area contributed by atoms with Crippen LogP contribution >= 0.6 is 0 Å². The number of hydrogen-bond donors (Lipinski definition) is 1. The maximum Gasteiger partial charge on any atom is 0.0841 e. The van der Waals surface area contributed by atoms with E-state index in [0.717, 1.165) is 12.8 Å². The highest BCUT2D eigenvalue weighted by Gasteiger charge is 2.36. The summed E-state index contributed by atoms with van der Waals surface area (Å²) >= 11 is 0. The molecule has 0 spiro atoms. The second kappa shape index (κ2) is 13.6. The summed E-state index contributed by atoms with van der Waals surface area (Å²) in [5.74, 6) is 0. The molecule has 0 aromatic carbocycles. The third-order valence-corrected chi connectivity index (χ3v) is 4.68. The van der Waals surface area contributed by atoms with Crippen LogP contribution in [0.25, 0.3) is 0 Å². The molecule has 1 aliphatic heterocycles. The maximum absolute atomic E-state index is 8.73. The molecule has 21 heavy (non-hydrogen) atoms. The smallest absolute Gasteiger partial charge is 0.0841 e. The summed E-state index contributed by atoms with van der Waals surface area (Å²) in [6.45, 7) is 2.62. The third kappa shape index (κ3) is 11.2. The highest BCUT2D eigenvalue weighted by Crippen LogP contribution is 2.31. The van der Waals surface area contributed by atoms with E-state index in [1.165, 1.54) is 83.5 Å². The van der Waals surface area contributed by atoms with Crippen LogP contribution in [0, 0.1) is 0 Å². The van der Waals surface area contributed by atoms with Crippen molar-refractivity contribution in [2.75, 3.05) is 6.61 Å². The number of aliphatic hydroxyl groups is 1. The van der Waals surface area contributed by atoms with Gasteiger partial charge in [-0.3, -0.25) is 0 Å². The standard InChI is InChI=1S/C19H38O2/c1-2-3-4-5-6-7-8-9-10-12-15-18-19(21-18)16-13-11-14-17-20/h18-20H,2-17H2,1H3. The first-order valence-corrected chi connectivity index (χ1v) is 9.64. The molecule has 1 heterocycles. The lowest BCUT2D eigenvalue weighted by molar-refractivity contribution is 0.280. The van der Waals surface area contributed by atoms with E-state index in [0.29, 0.717) is 18.8 Å². The topological polar surface area (TPSA) is 32.8 Å². The zero-order valence-electron chi connectivity index (χ0n) is 14.3. The van der Waals surface area contributed by atoms with Gasteiger partial charge < -0.3 is 9.84 Å². The molecule has 0 bridgehead atoms. The number of ether oxygens (including phenoxy) is 1. The second-order valence-electron chi connectivity index (χ2n) is 6.76. The van der Waals surface area contributed by atoms with E-state index in [1.54, 1.807) is 0 Å². The van der Waals surface area contributed by atoms with Crippen molar-refractivity contribution in [3.8, 4) is 0 Å². The molecule has 1 saturated heterocycles. The quantitative estimate of drug-likeness (QED) is 0.296. The minimum Gasteiger partial charge on any atom is -0.396 e. The molecule has 1 N–H and O–H groups in total. The monoisotopic (exact) mass is 298 g/mol. The van der Waals surface area contributed by atoms with Gasteiger partial charge >= 0.3 is 0 Å². The van der Waals surface area contributed by atoms with E-state index in [1.807, 2.05) is 0 Å². The highest BCUT2D eigenvalue weighted by molar-refractivity contribution is 4.84. The number of hydrogen-bond acceptors (Lipinski definition) is 2. The van der Waals surface area contributed by atoms with Crippen LogP contribution in [0.2, 0.25) is 0 Å². The normalized spacial score (nSPS) is 20.9. The van der Waals surface area contributed by atoms with Gasteiger partial charge in [0.15, 0.2) is 0 Å². The summed E-state index contributed by atoms with van der Waals surface area (Å²) in [7, 11) is 0. The lowest BCUT2D eigenvalue weighted by atomic mass is 10.0. The molecule has 2 atom stereocenters. The Balaban J connectivity index is 1.72. The lowest BCUT2D eigenvalue weighted by Crippen LogP contribution is -1.95. The van der Waals surface area contributed by atoms with Gasteiger partial charge in [0.05, 0.1) is 12.2 Å². The van der Waals surface area contributed by atoms with Gasteiger partial charge in [0.2, 0.25) is 0 Å². The Hall–Kier alpha value is -0.0800. The molecule has 1 rings (SSSR count). The van der Waals surface area contributed by atoms with E-state index in [4.69, 9.17) is 9.84 Å². The lowest BCUT2D eigenvalue weighted by Gasteiger charge is -2.01. The van der Waals surface area contributed by atoms with Crippen LogP contribution in [0.15, 0.2) is 0 Å². The fraction of sp³-hybridized carbons (Fsp3) is 1.00. The molecule has 126 valence electrons. The number of rotatable bonds is 16. The SMILES string of the molecule is CCCCCCCCCCCCC1OC1CCCCCO. The largest absolute Gasteiger partial charge is 0.396 e. The molecule has 2 nitrogen and oxygen atoms in total. The van der Waals surface area contributed by atoms with Crippen LogP contribution in [-0.4, -0.2) is 23.9 Å². The summed E-state index contributed by atoms with van der Waals surface area (Å²) in [4.78, 5) is 0. The van der Waals surface area contributed by atoms with Gasteiger partial charge in [-0.25, -0.2) is 0 Å². The van der Waals surface area contributed by atoms with E-state index in [2.05, 4.69) is 6.92 Å². The summed E-state index contributed by atoms with van der Waals surface area (Å²) in [6, 6.07) is 0. The second-order valence-corrected chi connectivity index (χ2v) is 6.76. The van der Waals surface area contributed by atoms with Crippen molar-refractivity contribution in [3.05, 3.63) is 0 Å². The van der Waals surface area contributed by atoms with Crippen LogP contribution in [0.5, 0.6) is 0 Å². The van der Waals surface area contributed by atoms with Crippen molar-refractivity contribution >= 4 is 0 Å². The first kappa shape index (κ1) is 19.0. The van der Waals surface area contributed by atoms with Crippen LogP contribution in [0.3, 0.4) is 0 Å². The fourth-order valence-corrected chi connectivity index (χ4v) is 3.15. The predicted octanol–water partition coefficient (Wildman–Crippen LogP) is 5.62. The van der Waals surface area contributed by atoms with Gasteiger partial charge in [-0.1, -0.05) is 84.0 Å². The van der Waals surface area contributed by atoms with Gasteiger partial charge in [-0.05, 0) is 19.3 Å². The predicted molar refractivity (Wildman–Crippen MR) is 90.7 cm³/mol. The minimum absolute atomic E-state index is 0.341. The Labute approximate surface area is 132 Å². The van der Waals surface area contributed by atoms with Gasteiger partial charge in [-0.15, -0.1) is 0 Å². The molecular formula is C19H38O2. The zero-order valence-corrected chi connectivity index (χ0v) is 14.3. The summed E-state index contributed by atoms with van der Waals surface area (Å²) in [6.07, 6.45) is 21.1. The molecular weight excluding hydrogens is 260 g/mol. The van der Waals surface area contributed by atoms with Crippen molar-refractivity contribution in [3.63, 3.8) is 0 Å². The zero-order chi connectivity index (χ0) is 15.2. The third-order valence-electron chi connectivity index (χ3n) is 4.68. The first-order chi connectivity index (χ1) is 10.4. The van der Waals surface area contributed by atoms with Gasteiger partial charge in [0.1, 0.15) is 0 Å². The minimum atomic E-state index is 0.341. The Kier molecular flexibility index (Phi) is 12.3. The summed E-state index contributed by atoms with van der Waals surface area (Å²) in [5, 5.41) is 8.73. The summed E-state index contributed by atoms with van der Waals surface area (Å²) in [5.41, 5.74) is 0. The van der Waals surface area contributed by atoms with Crippen LogP contribution in [0.1, 0.15) is 103 Å². The molecule has 0 aromatic heterocycles. The van der Waals surface area contributed by atoms with Crippen molar-refractivity contribution in [1.82, 2.24) is 0 Å². The number of aliphatic hydroxyl groups excluding tert-OH is 1. The molecule has 1 aliphatic rings. The average molecular weight is 299 g/mol.